The minimum atomic E-state index is -3.45. The number of aryl methyl sites for hydroxylation is 1. The van der Waals surface area contributed by atoms with Crippen LogP contribution in [0.3, 0.4) is 0 Å². The lowest BCUT2D eigenvalue weighted by molar-refractivity contribution is 0.170. The number of benzene rings is 1. The van der Waals surface area contributed by atoms with Gasteiger partial charge in [0.2, 0.25) is 10.0 Å². The molecule has 0 unspecified atom stereocenters. The van der Waals surface area contributed by atoms with Crippen LogP contribution >= 0.6 is 11.3 Å². The molecule has 0 spiro atoms. The molecule has 2 aromatic rings. The second-order valence-electron chi connectivity index (χ2n) is 5.51. The molecule has 1 aliphatic rings. The molecule has 0 aliphatic carbocycles. The summed E-state index contributed by atoms with van der Waals surface area (Å²) < 4.78 is 28.5. The second kappa shape index (κ2) is 5.68. The van der Waals surface area contributed by atoms with Crippen molar-refractivity contribution in [3.8, 4) is 0 Å². The van der Waals surface area contributed by atoms with Gasteiger partial charge in [-0.15, -0.1) is 11.3 Å². The zero-order valence-electron chi connectivity index (χ0n) is 11.9. The molecule has 4 nitrogen and oxygen atoms in total. The first-order valence-corrected chi connectivity index (χ1v) is 9.39. The van der Waals surface area contributed by atoms with Gasteiger partial charge in [0.1, 0.15) is 4.90 Å². The summed E-state index contributed by atoms with van der Waals surface area (Å²) in [5, 5.41) is 10.0. The van der Waals surface area contributed by atoms with Gasteiger partial charge in [-0.2, -0.15) is 4.31 Å². The molecule has 1 aromatic carbocycles. The van der Waals surface area contributed by atoms with Gasteiger partial charge in [0.15, 0.2) is 0 Å². The first kappa shape index (κ1) is 15.0. The number of aliphatic hydroxyl groups excluding tert-OH is 1. The number of fused-ring (bicyclic) bond motifs is 1. The first-order chi connectivity index (χ1) is 10.0. The highest BCUT2D eigenvalue weighted by molar-refractivity contribution is 7.89. The van der Waals surface area contributed by atoms with Gasteiger partial charge < -0.3 is 5.11 Å². The number of aliphatic hydroxyl groups is 1. The maximum Gasteiger partial charge on any atom is 0.244 e. The van der Waals surface area contributed by atoms with Crippen LogP contribution < -0.4 is 0 Å². The lowest BCUT2D eigenvalue weighted by Crippen LogP contribution is -2.39. The number of nitrogens with zero attached hydrogens (tertiary/aromatic N) is 1. The van der Waals surface area contributed by atoms with Gasteiger partial charge in [0.25, 0.3) is 0 Å². The first-order valence-electron chi connectivity index (χ1n) is 7.13. The van der Waals surface area contributed by atoms with E-state index in [4.69, 9.17) is 0 Å². The summed E-state index contributed by atoms with van der Waals surface area (Å²) in [6.45, 7) is 3.01. The van der Waals surface area contributed by atoms with Gasteiger partial charge in [-0.05, 0) is 31.7 Å². The summed E-state index contributed by atoms with van der Waals surface area (Å²) in [5.41, 5.74) is 0. The number of thiophene rings is 1. The average Bonchev–Trinajstić information content (AvgIpc) is 2.83. The van der Waals surface area contributed by atoms with Crippen LogP contribution in [0.1, 0.15) is 17.7 Å². The molecule has 1 fully saturated rings. The van der Waals surface area contributed by atoms with Crippen LogP contribution in [-0.4, -0.2) is 37.5 Å². The molecule has 1 aliphatic heterocycles. The molecule has 0 saturated carbocycles. The van der Waals surface area contributed by atoms with E-state index >= 15 is 0 Å². The van der Waals surface area contributed by atoms with Crippen LogP contribution in [0.4, 0.5) is 0 Å². The van der Waals surface area contributed by atoms with E-state index in [2.05, 4.69) is 0 Å². The summed E-state index contributed by atoms with van der Waals surface area (Å²) in [6.07, 6.45) is 1.47. The van der Waals surface area contributed by atoms with E-state index in [9.17, 15) is 13.5 Å². The Balaban J connectivity index is 1.99. The molecule has 6 heteroatoms. The maximum atomic E-state index is 12.9. The van der Waals surface area contributed by atoms with Crippen molar-refractivity contribution in [2.75, 3.05) is 19.7 Å². The third-order valence-corrected chi connectivity index (χ3v) is 7.45. The summed E-state index contributed by atoms with van der Waals surface area (Å²) in [4.78, 5) is 1.31. The summed E-state index contributed by atoms with van der Waals surface area (Å²) in [6, 6.07) is 7.66. The molecule has 0 amide bonds. The minimum absolute atomic E-state index is 0.147. The normalized spacial score (nSPS) is 18.4. The SMILES string of the molecule is Cc1sc2ccccc2c1S(=O)(=O)N1CCC(CO)CC1. The summed E-state index contributed by atoms with van der Waals surface area (Å²) in [5.74, 6) is 0.233. The average molecular weight is 325 g/mol. The lowest BCUT2D eigenvalue weighted by atomic mass is 10.00. The molecular weight excluding hydrogens is 306 g/mol. The Morgan fingerprint density at radius 3 is 2.62 bits per heavy atom. The Morgan fingerprint density at radius 2 is 1.95 bits per heavy atom. The van der Waals surface area contributed by atoms with Crippen molar-refractivity contribution in [3.05, 3.63) is 29.1 Å². The molecule has 0 radical (unpaired) electrons. The minimum Gasteiger partial charge on any atom is -0.396 e. The highest BCUT2D eigenvalue weighted by Gasteiger charge is 2.32. The van der Waals surface area contributed by atoms with Crippen molar-refractivity contribution in [1.82, 2.24) is 4.31 Å². The molecular formula is C15H19NO3S2. The Labute approximate surface area is 129 Å². The van der Waals surface area contributed by atoms with E-state index in [-0.39, 0.29) is 12.5 Å². The fourth-order valence-electron chi connectivity index (χ4n) is 2.93. The van der Waals surface area contributed by atoms with Crippen molar-refractivity contribution in [2.45, 2.75) is 24.7 Å². The molecule has 0 bridgehead atoms. The van der Waals surface area contributed by atoms with Gasteiger partial charge in [-0.3, -0.25) is 0 Å². The van der Waals surface area contributed by atoms with Gasteiger partial charge in [0.05, 0.1) is 0 Å². The standard InChI is InChI=1S/C15H19NO3S2/c1-11-15(13-4-2-3-5-14(13)20-11)21(18,19)16-8-6-12(10-17)7-9-16/h2-5,12,17H,6-10H2,1H3. The van der Waals surface area contributed by atoms with E-state index in [0.717, 1.165) is 27.8 Å². The Morgan fingerprint density at radius 1 is 1.29 bits per heavy atom. The monoisotopic (exact) mass is 325 g/mol. The number of hydrogen-bond acceptors (Lipinski definition) is 4. The highest BCUT2D eigenvalue weighted by atomic mass is 32.2. The van der Waals surface area contributed by atoms with Crippen LogP contribution in [0, 0.1) is 12.8 Å². The smallest absolute Gasteiger partial charge is 0.244 e. The summed E-state index contributed by atoms with van der Waals surface area (Å²) in [7, 11) is -3.45. The zero-order chi connectivity index (χ0) is 15.0. The topological polar surface area (TPSA) is 57.6 Å². The third-order valence-electron chi connectivity index (χ3n) is 4.14. The molecule has 21 heavy (non-hydrogen) atoms. The van der Waals surface area contributed by atoms with Crippen molar-refractivity contribution in [3.63, 3.8) is 0 Å². The third kappa shape index (κ3) is 2.61. The largest absolute Gasteiger partial charge is 0.396 e. The zero-order valence-corrected chi connectivity index (χ0v) is 13.6. The quantitative estimate of drug-likeness (QED) is 0.944. The molecule has 2 heterocycles. The fourth-order valence-corrected chi connectivity index (χ4v) is 6.16. The van der Waals surface area contributed by atoms with E-state index in [1.54, 1.807) is 4.31 Å². The number of sulfonamides is 1. The number of piperidine rings is 1. The Kier molecular flexibility index (Phi) is 4.05. The maximum absolute atomic E-state index is 12.9. The van der Waals surface area contributed by atoms with E-state index < -0.39 is 10.0 Å². The Bertz CT molecular complexity index is 743. The molecule has 1 saturated heterocycles. The molecule has 1 N–H and O–H groups in total. The number of hydrogen-bond donors (Lipinski definition) is 1. The van der Waals surface area contributed by atoms with E-state index in [0.29, 0.717) is 18.0 Å². The van der Waals surface area contributed by atoms with E-state index in [1.807, 2.05) is 31.2 Å². The highest BCUT2D eigenvalue weighted by Crippen LogP contribution is 2.36. The van der Waals surface area contributed by atoms with Gasteiger partial charge in [-0.25, -0.2) is 8.42 Å². The lowest BCUT2D eigenvalue weighted by Gasteiger charge is -2.30. The van der Waals surface area contributed by atoms with Crippen LogP contribution in [0.15, 0.2) is 29.2 Å². The van der Waals surface area contributed by atoms with Crippen molar-refractivity contribution in [2.24, 2.45) is 5.92 Å². The Hall–Kier alpha value is -0.950. The van der Waals surface area contributed by atoms with Gasteiger partial charge in [-0.1, -0.05) is 18.2 Å². The number of rotatable bonds is 3. The second-order valence-corrected chi connectivity index (χ2v) is 8.64. The van der Waals surface area contributed by atoms with Gasteiger partial charge in [0, 0.05) is 34.7 Å². The van der Waals surface area contributed by atoms with Crippen molar-refractivity contribution >= 4 is 31.4 Å². The molecule has 3 rings (SSSR count). The van der Waals surface area contributed by atoms with Crippen LogP contribution in [0.25, 0.3) is 10.1 Å². The van der Waals surface area contributed by atoms with Gasteiger partial charge >= 0.3 is 0 Å². The van der Waals surface area contributed by atoms with Crippen LogP contribution in [0.2, 0.25) is 0 Å². The summed E-state index contributed by atoms with van der Waals surface area (Å²) >= 11 is 1.53. The van der Waals surface area contributed by atoms with Crippen LogP contribution in [0.5, 0.6) is 0 Å². The molecule has 1 aromatic heterocycles. The molecule has 0 atom stereocenters. The predicted molar refractivity (Wildman–Crippen MR) is 85.1 cm³/mol. The predicted octanol–water partition coefficient (Wildman–Crippen LogP) is 2.60. The van der Waals surface area contributed by atoms with E-state index in [1.165, 1.54) is 11.3 Å². The van der Waals surface area contributed by atoms with Crippen LogP contribution in [-0.2, 0) is 10.0 Å². The fraction of sp³-hybridized carbons (Fsp3) is 0.467. The molecule has 114 valence electrons. The van der Waals surface area contributed by atoms with Crippen molar-refractivity contribution < 1.29 is 13.5 Å². The van der Waals surface area contributed by atoms with Crippen molar-refractivity contribution in [1.29, 1.82) is 0 Å².